The van der Waals surface area contributed by atoms with Crippen LogP contribution in [0.1, 0.15) is 12.8 Å². The van der Waals surface area contributed by atoms with Crippen LogP contribution < -0.4 is 10.6 Å². The summed E-state index contributed by atoms with van der Waals surface area (Å²) in [6.45, 7) is 0.836. The fraction of sp³-hybridized carbons (Fsp3) is 0.444. The van der Waals surface area contributed by atoms with Gasteiger partial charge >= 0.3 is 0 Å². The van der Waals surface area contributed by atoms with E-state index >= 15 is 0 Å². The van der Waals surface area contributed by atoms with E-state index < -0.39 is 0 Å². The van der Waals surface area contributed by atoms with E-state index in [0.717, 1.165) is 13.0 Å². The summed E-state index contributed by atoms with van der Waals surface area (Å²) in [5, 5.41) is 5.59. The second-order valence-electron chi connectivity index (χ2n) is 2.83. The standard InChI is InChI=1S/C9H14N4O/c1-10-5-2-4-8(14)13-9-11-6-3-7-12-9/h3,6-7,10H,2,4-5H2,1H3,(H,11,12,13,14). The highest BCUT2D eigenvalue weighted by atomic mass is 16.1. The van der Waals surface area contributed by atoms with Gasteiger partial charge in [-0.1, -0.05) is 0 Å². The van der Waals surface area contributed by atoms with Crippen LogP contribution in [0.3, 0.4) is 0 Å². The molecular formula is C9H14N4O. The number of carbonyl (C=O) groups excluding carboxylic acids is 1. The summed E-state index contributed by atoms with van der Waals surface area (Å²) in [6.07, 6.45) is 4.49. The number of hydrogen-bond acceptors (Lipinski definition) is 4. The summed E-state index contributed by atoms with van der Waals surface area (Å²) in [5.74, 6) is 0.313. The first-order chi connectivity index (χ1) is 6.83. The molecule has 0 aromatic carbocycles. The molecule has 0 aliphatic rings. The topological polar surface area (TPSA) is 66.9 Å². The fourth-order valence-corrected chi connectivity index (χ4v) is 0.977. The third-order valence-corrected chi connectivity index (χ3v) is 1.65. The molecule has 0 atom stereocenters. The Morgan fingerprint density at radius 1 is 1.43 bits per heavy atom. The van der Waals surface area contributed by atoms with Gasteiger partial charge in [-0.05, 0) is 26.1 Å². The Kier molecular flexibility index (Phi) is 4.57. The van der Waals surface area contributed by atoms with Crippen LogP contribution in [0.5, 0.6) is 0 Å². The van der Waals surface area contributed by atoms with Crippen LogP contribution in [0.15, 0.2) is 18.5 Å². The molecule has 0 bridgehead atoms. The lowest BCUT2D eigenvalue weighted by Crippen LogP contribution is -2.16. The summed E-state index contributed by atoms with van der Waals surface area (Å²) < 4.78 is 0. The average molecular weight is 194 g/mol. The first-order valence-corrected chi connectivity index (χ1v) is 4.54. The molecule has 0 saturated heterocycles. The molecule has 1 amide bonds. The summed E-state index contributed by atoms with van der Waals surface area (Å²) >= 11 is 0. The van der Waals surface area contributed by atoms with Crippen molar-refractivity contribution in [1.29, 1.82) is 0 Å². The van der Waals surface area contributed by atoms with Crippen LogP contribution in [0.2, 0.25) is 0 Å². The van der Waals surface area contributed by atoms with Gasteiger partial charge < -0.3 is 5.32 Å². The van der Waals surface area contributed by atoms with Gasteiger partial charge in [-0.15, -0.1) is 0 Å². The van der Waals surface area contributed by atoms with Crippen molar-refractivity contribution < 1.29 is 4.79 Å². The molecule has 1 aromatic heterocycles. The quantitative estimate of drug-likeness (QED) is 0.666. The number of anilines is 1. The second kappa shape index (κ2) is 6.04. The van der Waals surface area contributed by atoms with Gasteiger partial charge in [-0.25, -0.2) is 9.97 Å². The Morgan fingerprint density at radius 3 is 2.79 bits per heavy atom. The number of amides is 1. The molecule has 0 fully saturated rings. The zero-order valence-corrected chi connectivity index (χ0v) is 8.16. The van der Waals surface area contributed by atoms with Crippen molar-refractivity contribution in [2.24, 2.45) is 0 Å². The molecule has 0 spiro atoms. The highest BCUT2D eigenvalue weighted by Crippen LogP contribution is 1.96. The lowest BCUT2D eigenvalue weighted by Gasteiger charge is -2.02. The maximum Gasteiger partial charge on any atom is 0.229 e. The van der Waals surface area contributed by atoms with E-state index in [2.05, 4.69) is 20.6 Å². The largest absolute Gasteiger partial charge is 0.320 e. The van der Waals surface area contributed by atoms with Crippen molar-refractivity contribution in [3.05, 3.63) is 18.5 Å². The molecule has 5 heteroatoms. The molecule has 2 N–H and O–H groups in total. The molecule has 0 unspecified atom stereocenters. The minimum atomic E-state index is -0.0496. The van der Waals surface area contributed by atoms with Crippen molar-refractivity contribution >= 4 is 11.9 Å². The molecule has 0 aliphatic carbocycles. The summed E-state index contributed by atoms with van der Waals surface area (Å²) in [5.41, 5.74) is 0. The minimum absolute atomic E-state index is 0.0496. The van der Waals surface area contributed by atoms with Crippen molar-refractivity contribution in [2.75, 3.05) is 18.9 Å². The van der Waals surface area contributed by atoms with E-state index in [1.165, 1.54) is 0 Å². The van der Waals surface area contributed by atoms with E-state index in [1.54, 1.807) is 18.5 Å². The average Bonchev–Trinajstić information content (AvgIpc) is 2.20. The summed E-state index contributed by atoms with van der Waals surface area (Å²) in [4.78, 5) is 19.0. The van der Waals surface area contributed by atoms with E-state index in [-0.39, 0.29) is 5.91 Å². The summed E-state index contributed by atoms with van der Waals surface area (Å²) in [7, 11) is 1.86. The van der Waals surface area contributed by atoms with E-state index in [1.807, 2.05) is 7.05 Å². The predicted octanol–water partition coefficient (Wildman–Crippen LogP) is 0.415. The minimum Gasteiger partial charge on any atom is -0.320 e. The SMILES string of the molecule is CNCCCC(=O)Nc1ncccn1. The normalized spacial score (nSPS) is 9.79. The van der Waals surface area contributed by atoms with Gasteiger partial charge in [0.15, 0.2) is 0 Å². The van der Waals surface area contributed by atoms with Gasteiger partial charge in [-0.2, -0.15) is 0 Å². The molecule has 0 radical (unpaired) electrons. The van der Waals surface area contributed by atoms with Crippen LogP contribution in [-0.2, 0) is 4.79 Å². The lowest BCUT2D eigenvalue weighted by molar-refractivity contribution is -0.116. The monoisotopic (exact) mass is 194 g/mol. The van der Waals surface area contributed by atoms with Crippen LogP contribution in [0.4, 0.5) is 5.95 Å². The Balaban J connectivity index is 2.27. The predicted molar refractivity (Wildman–Crippen MR) is 53.8 cm³/mol. The molecule has 1 heterocycles. The molecule has 14 heavy (non-hydrogen) atoms. The van der Waals surface area contributed by atoms with Crippen LogP contribution in [0, 0.1) is 0 Å². The lowest BCUT2D eigenvalue weighted by atomic mass is 10.3. The maximum absolute atomic E-state index is 11.3. The molecule has 0 aliphatic heterocycles. The number of nitrogens with one attached hydrogen (secondary N) is 2. The number of aromatic nitrogens is 2. The van der Waals surface area contributed by atoms with Crippen LogP contribution in [-0.4, -0.2) is 29.5 Å². The van der Waals surface area contributed by atoms with Crippen molar-refractivity contribution in [2.45, 2.75) is 12.8 Å². The highest BCUT2D eigenvalue weighted by molar-refractivity contribution is 5.88. The van der Waals surface area contributed by atoms with Crippen molar-refractivity contribution in [1.82, 2.24) is 15.3 Å². The van der Waals surface area contributed by atoms with Crippen LogP contribution in [0.25, 0.3) is 0 Å². The van der Waals surface area contributed by atoms with Gasteiger partial charge in [-0.3, -0.25) is 10.1 Å². The van der Waals surface area contributed by atoms with E-state index in [0.29, 0.717) is 12.4 Å². The van der Waals surface area contributed by atoms with E-state index in [4.69, 9.17) is 0 Å². The molecule has 1 rings (SSSR count). The molecule has 0 saturated carbocycles. The highest BCUT2D eigenvalue weighted by Gasteiger charge is 2.02. The first-order valence-electron chi connectivity index (χ1n) is 4.54. The van der Waals surface area contributed by atoms with Gasteiger partial charge in [0.1, 0.15) is 0 Å². The van der Waals surface area contributed by atoms with Gasteiger partial charge in [0.25, 0.3) is 0 Å². The number of nitrogens with zero attached hydrogens (tertiary/aromatic N) is 2. The second-order valence-corrected chi connectivity index (χ2v) is 2.83. The summed E-state index contributed by atoms with van der Waals surface area (Å²) in [6, 6.07) is 1.71. The third kappa shape index (κ3) is 3.95. The molecular weight excluding hydrogens is 180 g/mol. The smallest absolute Gasteiger partial charge is 0.229 e. The number of rotatable bonds is 5. The Bertz CT molecular complexity index is 275. The third-order valence-electron chi connectivity index (χ3n) is 1.65. The van der Waals surface area contributed by atoms with Gasteiger partial charge in [0.2, 0.25) is 11.9 Å². The number of carbonyl (C=O) groups is 1. The fourth-order valence-electron chi connectivity index (χ4n) is 0.977. The maximum atomic E-state index is 11.3. The first kappa shape index (κ1) is 10.6. The Hall–Kier alpha value is -1.49. The van der Waals surface area contributed by atoms with Crippen molar-refractivity contribution in [3.63, 3.8) is 0 Å². The Labute approximate surface area is 83.0 Å². The van der Waals surface area contributed by atoms with Crippen molar-refractivity contribution in [3.8, 4) is 0 Å². The van der Waals surface area contributed by atoms with Crippen LogP contribution >= 0.6 is 0 Å². The molecule has 76 valence electrons. The van der Waals surface area contributed by atoms with E-state index in [9.17, 15) is 4.79 Å². The van der Waals surface area contributed by atoms with Gasteiger partial charge in [0.05, 0.1) is 0 Å². The zero-order chi connectivity index (χ0) is 10.2. The number of hydrogen-bond donors (Lipinski definition) is 2. The Morgan fingerprint density at radius 2 is 2.14 bits per heavy atom. The zero-order valence-electron chi connectivity index (χ0n) is 8.16. The molecule has 5 nitrogen and oxygen atoms in total. The molecule has 1 aromatic rings. The van der Waals surface area contributed by atoms with Gasteiger partial charge in [0, 0.05) is 18.8 Å².